The van der Waals surface area contributed by atoms with Gasteiger partial charge in [0.15, 0.2) is 15.5 Å². The van der Waals surface area contributed by atoms with Crippen LogP contribution in [0.1, 0.15) is 35.8 Å². The minimum atomic E-state index is -3.35. The second-order valence-corrected chi connectivity index (χ2v) is 9.50. The summed E-state index contributed by atoms with van der Waals surface area (Å²) in [6.07, 6.45) is 4.18. The molecule has 1 fully saturated rings. The molecule has 0 spiro atoms. The molecule has 1 saturated carbocycles. The highest BCUT2D eigenvalue weighted by atomic mass is 32.2. The predicted octanol–water partition coefficient (Wildman–Crippen LogP) is 3.51. The molecule has 1 heterocycles. The Hall–Kier alpha value is -2.81. The Balaban J connectivity index is 1.99. The van der Waals surface area contributed by atoms with Crippen molar-refractivity contribution in [3.05, 3.63) is 59.1 Å². The van der Waals surface area contributed by atoms with Gasteiger partial charge in [0.2, 0.25) is 0 Å². The molecule has 2 aromatic rings. The molecule has 1 atom stereocenters. The lowest BCUT2D eigenvalue weighted by Crippen LogP contribution is -2.36. The van der Waals surface area contributed by atoms with Gasteiger partial charge >= 0.3 is 0 Å². The van der Waals surface area contributed by atoms with Crippen LogP contribution >= 0.6 is 0 Å². The highest BCUT2D eigenvalue weighted by Gasteiger charge is 2.34. The number of amides is 1. The maximum Gasteiger partial charge on any atom is 0.272 e. The molecule has 0 radical (unpaired) electrons. The van der Waals surface area contributed by atoms with Gasteiger partial charge in [-0.3, -0.25) is 4.79 Å². The monoisotopic (exact) mass is 435 g/mol. The molecule has 1 aromatic heterocycles. The number of carbonyl (C=O) groups is 1. The largest absolute Gasteiger partial charge is 0.397 e. The number of aromatic nitrogens is 1. The van der Waals surface area contributed by atoms with Gasteiger partial charge in [0.25, 0.3) is 11.8 Å². The van der Waals surface area contributed by atoms with E-state index in [4.69, 9.17) is 5.73 Å². The zero-order chi connectivity index (χ0) is 22.1. The average molecular weight is 435 g/mol. The van der Waals surface area contributed by atoms with Crippen molar-refractivity contribution >= 4 is 21.4 Å². The van der Waals surface area contributed by atoms with E-state index in [1.54, 1.807) is 30.3 Å². The smallest absolute Gasteiger partial charge is 0.272 e. The average Bonchev–Trinajstić information content (AvgIpc) is 3.49. The highest BCUT2D eigenvalue weighted by molar-refractivity contribution is 7.93. The Labute approximate surface area is 174 Å². The van der Waals surface area contributed by atoms with E-state index in [-0.39, 0.29) is 28.6 Å². The number of alkyl halides is 2. The number of halogens is 2. The molecule has 1 aliphatic carbocycles. The number of carbonyl (C=O) groups excluding carboxylic acids is 1. The van der Waals surface area contributed by atoms with E-state index in [2.05, 4.69) is 10.3 Å². The second kappa shape index (κ2) is 8.14. The van der Waals surface area contributed by atoms with E-state index in [1.807, 2.05) is 0 Å². The van der Waals surface area contributed by atoms with Crippen LogP contribution in [0.2, 0.25) is 0 Å². The fourth-order valence-corrected chi connectivity index (χ4v) is 3.54. The zero-order valence-electron chi connectivity index (χ0n) is 16.6. The Kier molecular flexibility index (Phi) is 5.94. The van der Waals surface area contributed by atoms with Crippen LogP contribution in [0.4, 0.5) is 14.5 Å². The van der Waals surface area contributed by atoms with Crippen LogP contribution in [0.25, 0.3) is 11.3 Å². The van der Waals surface area contributed by atoms with Crippen LogP contribution in [0.15, 0.2) is 47.9 Å². The number of nitrogens with two attached hydrogens (primary N) is 1. The molecule has 9 heteroatoms. The lowest BCUT2D eigenvalue weighted by molar-refractivity contribution is 0.0178. The third kappa shape index (κ3) is 5.41. The first-order valence-corrected chi connectivity index (χ1v) is 11.3. The Morgan fingerprint density at radius 3 is 2.47 bits per heavy atom. The molecule has 6 nitrogen and oxygen atoms in total. The Morgan fingerprint density at radius 1 is 1.30 bits per heavy atom. The van der Waals surface area contributed by atoms with Crippen LogP contribution in [0, 0.1) is 5.92 Å². The molecule has 0 aliphatic heterocycles. The van der Waals surface area contributed by atoms with Crippen molar-refractivity contribution in [1.82, 2.24) is 10.3 Å². The lowest BCUT2D eigenvalue weighted by Gasteiger charge is -2.19. The van der Waals surface area contributed by atoms with E-state index in [0.29, 0.717) is 5.56 Å². The lowest BCUT2D eigenvalue weighted by atomic mass is 10.00. The zero-order valence-corrected chi connectivity index (χ0v) is 17.4. The number of hydrogen-bond acceptors (Lipinski definition) is 5. The van der Waals surface area contributed by atoms with E-state index in [1.165, 1.54) is 6.08 Å². The summed E-state index contributed by atoms with van der Waals surface area (Å²) in [7, 11) is -3.35. The number of benzene rings is 1. The molecule has 0 bridgehead atoms. The first-order valence-electron chi connectivity index (χ1n) is 9.39. The maximum absolute atomic E-state index is 14.2. The molecule has 1 amide bonds. The van der Waals surface area contributed by atoms with Gasteiger partial charge in [-0.15, -0.1) is 0 Å². The molecule has 3 N–H and O–H groups in total. The summed E-state index contributed by atoms with van der Waals surface area (Å²) in [4.78, 5) is 17.0. The maximum atomic E-state index is 14.2. The number of nitrogens with zero attached hydrogens (tertiary/aromatic N) is 1. The highest BCUT2D eigenvalue weighted by Crippen LogP contribution is 2.37. The van der Waals surface area contributed by atoms with E-state index < -0.39 is 27.7 Å². The van der Waals surface area contributed by atoms with E-state index in [0.717, 1.165) is 37.5 Å². The SMILES string of the molecule is CC(F)(F)c1cc(N)c(C(=O)N[C@H](/C=C/S(C)(=O)=O)C2CC2)nc1-c1ccccc1. The third-order valence-electron chi connectivity index (χ3n) is 4.75. The summed E-state index contributed by atoms with van der Waals surface area (Å²) in [6.45, 7) is 0.745. The topological polar surface area (TPSA) is 102 Å². The van der Waals surface area contributed by atoms with Gasteiger partial charge in [0, 0.05) is 29.7 Å². The minimum Gasteiger partial charge on any atom is -0.397 e. The number of pyridine rings is 1. The van der Waals surface area contributed by atoms with Gasteiger partial charge in [0.1, 0.15) is 0 Å². The second-order valence-electron chi connectivity index (χ2n) is 7.57. The molecule has 0 unspecified atom stereocenters. The summed E-state index contributed by atoms with van der Waals surface area (Å²) in [5, 5.41) is 3.77. The molecule has 1 aromatic carbocycles. The first-order chi connectivity index (χ1) is 14.0. The predicted molar refractivity (Wildman–Crippen MR) is 112 cm³/mol. The molecule has 30 heavy (non-hydrogen) atoms. The first kappa shape index (κ1) is 21.9. The Morgan fingerprint density at radius 2 is 1.93 bits per heavy atom. The number of nitrogen functional groups attached to an aromatic ring is 1. The van der Waals surface area contributed by atoms with E-state index in [9.17, 15) is 22.0 Å². The van der Waals surface area contributed by atoms with Crippen molar-refractivity contribution in [2.45, 2.75) is 31.7 Å². The number of hydrogen-bond donors (Lipinski definition) is 2. The van der Waals surface area contributed by atoms with Gasteiger partial charge in [-0.25, -0.2) is 22.2 Å². The molecular formula is C21H23F2N3O3S. The van der Waals surface area contributed by atoms with Gasteiger partial charge in [-0.2, -0.15) is 0 Å². The molecule has 3 rings (SSSR count). The van der Waals surface area contributed by atoms with Crippen molar-refractivity contribution in [2.75, 3.05) is 12.0 Å². The van der Waals surface area contributed by atoms with Gasteiger partial charge < -0.3 is 11.1 Å². The van der Waals surface area contributed by atoms with Gasteiger partial charge in [-0.05, 0) is 24.8 Å². The number of sulfone groups is 1. The minimum absolute atomic E-state index is 0.0305. The third-order valence-corrected chi connectivity index (χ3v) is 5.40. The molecular weight excluding hydrogens is 412 g/mol. The summed E-state index contributed by atoms with van der Waals surface area (Å²) in [5.41, 5.74) is 5.57. The van der Waals surface area contributed by atoms with Crippen molar-refractivity contribution < 1.29 is 22.0 Å². The summed E-state index contributed by atoms with van der Waals surface area (Å²) < 4.78 is 51.2. The summed E-state index contributed by atoms with van der Waals surface area (Å²) in [5.74, 6) is -3.75. The van der Waals surface area contributed by atoms with Crippen molar-refractivity contribution in [3.63, 3.8) is 0 Å². The van der Waals surface area contributed by atoms with Gasteiger partial charge in [-0.1, -0.05) is 36.4 Å². The van der Waals surface area contributed by atoms with Crippen LogP contribution in [0.3, 0.4) is 0 Å². The molecule has 0 saturated heterocycles. The summed E-state index contributed by atoms with van der Waals surface area (Å²) >= 11 is 0. The molecule has 1 aliphatic rings. The van der Waals surface area contributed by atoms with Crippen molar-refractivity contribution in [2.24, 2.45) is 5.92 Å². The fraction of sp³-hybridized carbons (Fsp3) is 0.333. The van der Waals surface area contributed by atoms with Gasteiger partial charge in [0.05, 0.1) is 17.4 Å². The number of nitrogens with one attached hydrogen (secondary N) is 1. The number of rotatable bonds is 7. The van der Waals surface area contributed by atoms with Crippen molar-refractivity contribution in [3.8, 4) is 11.3 Å². The Bertz CT molecular complexity index is 1080. The quantitative estimate of drug-likeness (QED) is 0.693. The van der Waals surface area contributed by atoms with E-state index >= 15 is 0 Å². The number of anilines is 1. The normalized spacial score (nSPS) is 15.9. The van der Waals surface area contributed by atoms with Crippen molar-refractivity contribution in [1.29, 1.82) is 0 Å². The van der Waals surface area contributed by atoms with Crippen LogP contribution in [-0.2, 0) is 15.8 Å². The van der Waals surface area contributed by atoms with Crippen LogP contribution < -0.4 is 11.1 Å². The van der Waals surface area contributed by atoms with Crippen LogP contribution in [-0.4, -0.2) is 31.6 Å². The summed E-state index contributed by atoms with van der Waals surface area (Å²) in [6, 6.07) is 8.91. The fourth-order valence-electron chi connectivity index (χ4n) is 3.09. The van der Waals surface area contributed by atoms with Crippen LogP contribution in [0.5, 0.6) is 0 Å². The molecule has 160 valence electrons. The standard InChI is InChI=1S/C21H23F2N3O3S/c1-21(22,23)15-12-16(24)19(26-18(15)14-6-4-3-5-7-14)20(27)25-17(13-8-9-13)10-11-30(2,28)29/h3-7,10-13,17H,8-9,24H2,1-2H3,(H,25,27)/b11-10+/t17-/m1/s1.